The Balaban J connectivity index is 2.35. The molecule has 2 amide bonds. The molecular weight excluding hydrogens is 292 g/mol. The fourth-order valence-electron chi connectivity index (χ4n) is 2.34. The zero-order valence-electron chi connectivity index (χ0n) is 14.3. The van der Waals surface area contributed by atoms with Crippen molar-refractivity contribution < 1.29 is 14.3 Å². The van der Waals surface area contributed by atoms with E-state index in [9.17, 15) is 9.59 Å². The van der Waals surface area contributed by atoms with Gasteiger partial charge in [0, 0.05) is 5.70 Å². The van der Waals surface area contributed by atoms with Crippen molar-refractivity contribution in [3.8, 4) is 0 Å². The topological polar surface area (TPSA) is 67.4 Å². The molecule has 0 aliphatic carbocycles. The third kappa shape index (κ3) is 3.92. The third-order valence-corrected chi connectivity index (χ3v) is 4.13. The van der Waals surface area contributed by atoms with E-state index in [0.717, 1.165) is 11.1 Å². The molecule has 2 rings (SSSR count). The van der Waals surface area contributed by atoms with E-state index in [-0.39, 0.29) is 18.1 Å². The SMILES string of the molecule is CC1=C(C(=O)OC(C)C(C)C)C(c2ccc(C)cc2)NC(=O)N1. The summed E-state index contributed by atoms with van der Waals surface area (Å²) in [4.78, 5) is 24.4. The van der Waals surface area contributed by atoms with Gasteiger partial charge in [0.2, 0.25) is 0 Å². The van der Waals surface area contributed by atoms with Gasteiger partial charge in [0.15, 0.2) is 0 Å². The Morgan fingerprint density at radius 3 is 2.30 bits per heavy atom. The van der Waals surface area contributed by atoms with Crippen LogP contribution in [0.15, 0.2) is 35.5 Å². The van der Waals surface area contributed by atoms with Gasteiger partial charge in [-0.1, -0.05) is 43.7 Å². The standard InChI is InChI=1S/C18H24N2O3/c1-10(2)13(5)23-17(21)15-12(4)19-18(22)20-16(15)14-8-6-11(3)7-9-14/h6-10,13,16H,1-5H3,(H2,19,20,22). The number of allylic oxidation sites excluding steroid dienone is 1. The molecule has 2 N–H and O–H groups in total. The second kappa shape index (κ2) is 6.86. The van der Waals surface area contributed by atoms with Gasteiger partial charge < -0.3 is 15.4 Å². The van der Waals surface area contributed by atoms with Crippen molar-refractivity contribution in [2.75, 3.05) is 0 Å². The number of benzene rings is 1. The highest BCUT2D eigenvalue weighted by Gasteiger charge is 2.33. The second-order valence-corrected chi connectivity index (χ2v) is 6.34. The summed E-state index contributed by atoms with van der Waals surface area (Å²) in [6, 6.07) is 6.92. The number of carbonyl (C=O) groups is 2. The molecule has 0 fully saturated rings. The Bertz CT molecular complexity index is 632. The fraction of sp³-hybridized carbons (Fsp3) is 0.444. The van der Waals surface area contributed by atoms with Crippen molar-refractivity contribution in [1.29, 1.82) is 0 Å². The molecule has 1 aliphatic rings. The quantitative estimate of drug-likeness (QED) is 0.838. The van der Waals surface area contributed by atoms with Crippen LogP contribution in [0.5, 0.6) is 0 Å². The highest BCUT2D eigenvalue weighted by molar-refractivity contribution is 5.95. The Morgan fingerprint density at radius 2 is 1.74 bits per heavy atom. The molecule has 124 valence electrons. The predicted molar refractivity (Wildman–Crippen MR) is 88.7 cm³/mol. The number of ether oxygens (including phenoxy) is 1. The number of aryl methyl sites for hydroxylation is 1. The summed E-state index contributed by atoms with van der Waals surface area (Å²) in [6.07, 6.45) is -0.195. The summed E-state index contributed by atoms with van der Waals surface area (Å²) in [5, 5.41) is 5.46. The number of urea groups is 1. The first-order valence-electron chi connectivity index (χ1n) is 7.85. The van der Waals surface area contributed by atoms with Crippen LogP contribution < -0.4 is 10.6 Å². The molecule has 5 heteroatoms. The van der Waals surface area contributed by atoms with Crippen LogP contribution in [0.25, 0.3) is 0 Å². The van der Waals surface area contributed by atoms with Crippen molar-refractivity contribution in [2.45, 2.75) is 46.8 Å². The first-order chi connectivity index (χ1) is 10.8. The smallest absolute Gasteiger partial charge is 0.338 e. The maximum Gasteiger partial charge on any atom is 0.338 e. The molecule has 1 heterocycles. The predicted octanol–water partition coefficient (Wildman–Crippen LogP) is 3.21. The van der Waals surface area contributed by atoms with Gasteiger partial charge in [0.1, 0.15) is 6.10 Å². The van der Waals surface area contributed by atoms with E-state index in [1.807, 2.05) is 52.0 Å². The molecule has 0 spiro atoms. The van der Waals surface area contributed by atoms with E-state index in [0.29, 0.717) is 11.3 Å². The van der Waals surface area contributed by atoms with Crippen LogP contribution in [0.3, 0.4) is 0 Å². The highest BCUT2D eigenvalue weighted by Crippen LogP contribution is 2.28. The molecule has 2 unspecified atom stereocenters. The summed E-state index contributed by atoms with van der Waals surface area (Å²) in [6.45, 7) is 9.57. The second-order valence-electron chi connectivity index (χ2n) is 6.34. The monoisotopic (exact) mass is 316 g/mol. The highest BCUT2D eigenvalue weighted by atomic mass is 16.5. The number of amides is 2. The molecule has 1 aliphatic heterocycles. The molecule has 1 aromatic rings. The maximum absolute atomic E-state index is 12.6. The van der Waals surface area contributed by atoms with Crippen LogP contribution in [0.1, 0.15) is 44.9 Å². The Hall–Kier alpha value is -2.30. The summed E-state index contributed by atoms with van der Waals surface area (Å²) in [5.41, 5.74) is 2.95. The van der Waals surface area contributed by atoms with Crippen molar-refractivity contribution in [3.05, 3.63) is 46.7 Å². The minimum Gasteiger partial charge on any atom is -0.459 e. The lowest BCUT2D eigenvalue weighted by Crippen LogP contribution is -2.45. The van der Waals surface area contributed by atoms with Gasteiger partial charge in [-0.05, 0) is 32.3 Å². The van der Waals surface area contributed by atoms with Gasteiger partial charge in [-0.3, -0.25) is 0 Å². The van der Waals surface area contributed by atoms with Crippen LogP contribution in [0, 0.1) is 12.8 Å². The van der Waals surface area contributed by atoms with Crippen LogP contribution in [0.4, 0.5) is 4.79 Å². The molecule has 0 aromatic heterocycles. The molecular formula is C18H24N2O3. The largest absolute Gasteiger partial charge is 0.459 e. The maximum atomic E-state index is 12.6. The van der Waals surface area contributed by atoms with Crippen LogP contribution in [0.2, 0.25) is 0 Å². The molecule has 0 saturated heterocycles. The van der Waals surface area contributed by atoms with Gasteiger partial charge in [-0.2, -0.15) is 0 Å². The molecule has 2 atom stereocenters. The van der Waals surface area contributed by atoms with E-state index in [1.165, 1.54) is 0 Å². The lowest BCUT2D eigenvalue weighted by Gasteiger charge is -2.29. The number of carbonyl (C=O) groups excluding carboxylic acids is 2. The Labute approximate surface area is 137 Å². The zero-order valence-corrected chi connectivity index (χ0v) is 14.3. The molecule has 0 saturated carbocycles. The van der Waals surface area contributed by atoms with Gasteiger partial charge in [-0.15, -0.1) is 0 Å². The van der Waals surface area contributed by atoms with E-state index >= 15 is 0 Å². The Kier molecular flexibility index (Phi) is 5.08. The van der Waals surface area contributed by atoms with Gasteiger partial charge in [0.25, 0.3) is 0 Å². The minimum absolute atomic E-state index is 0.195. The Morgan fingerprint density at radius 1 is 1.13 bits per heavy atom. The summed E-state index contributed by atoms with van der Waals surface area (Å²) < 4.78 is 5.54. The molecule has 0 bridgehead atoms. The van der Waals surface area contributed by atoms with Gasteiger partial charge in [0.05, 0.1) is 11.6 Å². The lowest BCUT2D eigenvalue weighted by atomic mass is 9.95. The van der Waals surface area contributed by atoms with Crippen LogP contribution in [-0.2, 0) is 9.53 Å². The van der Waals surface area contributed by atoms with Crippen molar-refractivity contribution in [3.63, 3.8) is 0 Å². The molecule has 0 radical (unpaired) electrons. The van der Waals surface area contributed by atoms with E-state index < -0.39 is 12.0 Å². The van der Waals surface area contributed by atoms with E-state index in [1.54, 1.807) is 6.92 Å². The van der Waals surface area contributed by atoms with Gasteiger partial charge in [-0.25, -0.2) is 9.59 Å². The van der Waals surface area contributed by atoms with E-state index in [2.05, 4.69) is 10.6 Å². The van der Waals surface area contributed by atoms with Crippen molar-refractivity contribution in [2.24, 2.45) is 5.92 Å². The minimum atomic E-state index is -0.504. The average molecular weight is 316 g/mol. The van der Waals surface area contributed by atoms with E-state index in [4.69, 9.17) is 4.74 Å². The average Bonchev–Trinajstić information content (AvgIpc) is 2.46. The number of esters is 1. The lowest BCUT2D eigenvalue weighted by molar-refractivity contribution is -0.146. The van der Waals surface area contributed by atoms with Gasteiger partial charge >= 0.3 is 12.0 Å². The number of hydrogen-bond acceptors (Lipinski definition) is 3. The van der Waals surface area contributed by atoms with Crippen LogP contribution in [-0.4, -0.2) is 18.1 Å². The summed E-state index contributed by atoms with van der Waals surface area (Å²) >= 11 is 0. The first-order valence-corrected chi connectivity index (χ1v) is 7.85. The number of rotatable bonds is 4. The molecule has 5 nitrogen and oxygen atoms in total. The van der Waals surface area contributed by atoms with Crippen molar-refractivity contribution in [1.82, 2.24) is 10.6 Å². The molecule has 23 heavy (non-hydrogen) atoms. The fourth-order valence-corrected chi connectivity index (χ4v) is 2.34. The van der Waals surface area contributed by atoms with Crippen molar-refractivity contribution >= 4 is 12.0 Å². The van der Waals surface area contributed by atoms with Crippen LogP contribution >= 0.6 is 0 Å². The summed E-state index contributed by atoms with van der Waals surface area (Å²) in [5.74, 6) is -0.175. The normalized spacial score (nSPS) is 19.2. The molecule has 1 aromatic carbocycles. The number of nitrogens with one attached hydrogen (secondary N) is 2. The first kappa shape index (κ1) is 17.1. The summed E-state index contributed by atoms with van der Waals surface area (Å²) in [7, 11) is 0. The zero-order chi connectivity index (χ0) is 17.1. The number of hydrogen-bond donors (Lipinski definition) is 2. The third-order valence-electron chi connectivity index (χ3n) is 4.13.